The predicted molar refractivity (Wildman–Crippen MR) is 77.9 cm³/mol. The summed E-state index contributed by atoms with van der Waals surface area (Å²) in [7, 11) is 1.69. The van der Waals surface area contributed by atoms with Crippen molar-refractivity contribution in [1.29, 1.82) is 0 Å². The fourth-order valence-electron chi connectivity index (χ4n) is 2.42. The molecule has 1 heterocycles. The Labute approximate surface area is 125 Å². The second-order valence-electron chi connectivity index (χ2n) is 5.34. The molecule has 0 radical (unpaired) electrons. The van der Waals surface area contributed by atoms with E-state index < -0.39 is 5.97 Å². The molecule has 1 aliphatic rings. The first-order valence-corrected chi connectivity index (χ1v) is 7.46. The van der Waals surface area contributed by atoms with E-state index in [1.807, 2.05) is 6.92 Å². The van der Waals surface area contributed by atoms with Crippen molar-refractivity contribution < 1.29 is 19.5 Å². The number of carboxylic acid groups (broad SMARTS) is 1. The topological polar surface area (TPSA) is 90.0 Å². The second kappa shape index (κ2) is 8.49. The summed E-state index contributed by atoms with van der Waals surface area (Å²) >= 11 is 0. The maximum Gasteiger partial charge on any atom is 0.318 e. The molecule has 1 saturated heterocycles. The monoisotopic (exact) mass is 299 g/mol. The van der Waals surface area contributed by atoms with Gasteiger partial charge in [-0.15, -0.1) is 0 Å². The molecule has 0 spiro atoms. The van der Waals surface area contributed by atoms with E-state index in [4.69, 9.17) is 5.11 Å². The normalized spacial score (nSPS) is 18.2. The number of nitrogens with one attached hydrogen (secondary N) is 1. The predicted octanol–water partition coefficient (Wildman–Crippen LogP) is 0.894. The second-order valence-corrected chi connectivity index (χ2v) is 5.34. The van der Waals surface area contributed by atoms with E-state index in [0.717, 1.165) is 19.3 Å². The molecule has 1 unspecified atom stereocenters. The smallest absolute Gasteiger partial charge is 0.318 e. The van der Waals surface area contributed by atoms with E-state index in [1.54, 1.807) is 16.8 Å². The molecule has 0 bridgehead atoms. The zero-order chi connectivity index (χ0) is 15.8. The van der Waals surface area contributed by atoms with Crippen molar-refractivity contribution in [3.8, 4) is 0 Å². The number of nitrogens with zero attached hydrogens (tertiary/aromatic N) is 2. The fraction of sp³-hybridized carbons (Fsp3) is 0.786. The number of carbonyl (C=O) groups excluding carboxylic acids is 2. The molecular weight excluding hydrogens is 274 g/mol. The van der Waals surface area contributed by atoms with Crippen LogP contribution in [0.4, 0.5) is 4.79 Å². The third-order valence-corrected chi connectivity index (χ3v) is 3.87. The molecule has 120 valence electrons. The lowest BCUT2D eigenvalue weighted by molar-refractivity contribution is -0.137. The fourth-order valence-corrected chi connectivity index (χ4v) is 2.42. The number of amides is 3. The van der Waals surface area contributed by atoms with Gasteiger partial charge >= 0.3 is 12.0 Å². The van der Waals surface area contributed by atoms with Crippen molar-refractivity contribution in [2.24, 2.45) is 0 Å². The zero-order valence-electron chi connectivity index (χ0n) is 12.8. The summed E-state index contributed by atoms with van der Waals surface area (Å²) in [5.41, 5.74) is 0. The molecule has 7 nitrogen and oxygen atoms in total. The van der Waals surface area contributed by atoms with Crippen molar-refractivity contribution >= 4 is 17.9 Å². The van der Waals surface area contributed by atoms with E-state index >= 15 is 0 Å². The van der Waals surface area contributed by atoms with E-state index in [1.165, 1.54) is 0 Å². The summed E-state index contributed by atoms with van der Waals surface area (Å²) < 4.78 is 0. The van der Waals surface area contributed by atoms with Crippen LogP contribution in [-0.2, 0) is 9.59 Å². The van der Waals surface area contributed by atoms with Crippen LogP contribution >= 0.6 is 0 Å². The van der Waals surface area contributed by atoms with E-state index in [9.17, 15) is 14.4 Å². The third-order valence-electron chi connectivity index (χ3n) is 3.87. The molecule has 0 aromatic rings. The number of carboxylic acids is 1. The quantitative estimate of drug-likeness (QED) is 0.762. The molecule has 2 N–H and O–H groups in total. The van der Waals surface area contributed by atoms with Crippen LogP contribution in [0.5, 0.6) is 0 Å². The Hall–Kier alpha value is -1.79. The molecular formula is C14H25N3O4. The number of aliphatic carboxylic acids is 1. The summed E-state index contributed by atoms with van der Waals surface area (Å²) in [6, 6.07) is -0.322. The summed E-state index contributed by atoms with van der Waals surface area (Å²) in [6.07, 6.45) is 3.27. The van der Waals surface area contributed by atoms with Crippen molar-refractivity contribution in [3.05, 3.63) is 0 Å². The number of likely N-dealkylation sites (tertiary alicyclic amines) is 1. The lowest BCUT2D eigenvalue weighted by Crippen LogP contribution is -2.50. The van der Waals surface area contributed by atoms with Gasteiger partial charge in [-0.3, -0.25) is 9.59 Å². The molecule has 0 aliphatic carbocycles. The van der Waals surface area contributed by atoms with Crippen molar-refractivity contribution in [1.82, 2.24) is 15.1 Å². The number of carbonyl (C=O) groups is 3. The molecule has 1 rings (SSSR count). The lowest BCUT2D eigenvalue weighted by atomic mass is 9.98. The molecule has 0 aromatic heterocycles. The minimum atomic E-state index is -0.847. The Morgan fingerprint density at radius 1 is 1.33 bits per heavy atom. The number of urea groups is 1. The van der Waals surface area contributed by atoms with Crippen LogP contribution in [0.15, 0.2) is 0 Å². The van der Waals surface area contributed by atoms with Crippen molar-refractivity contribution in [2.45, 2.75) is 45.1 Å². The van der Waals surface area contributed by atoms with Gasteiger partial charge in [0.1, 0.15) is 0 Å². The zero-order valence-corrected chi connectivity index (χ0v) is 12.8. The summed E-state index contributed by atoms with van der Waals surface area (Å²) in [6.45, 7) is 3.06. The Morgan fingerprint density at radius 2 is 2.05 bits per heavy atom. The molecule has 21 heavy (non-hydrogen) atoms. The molecule has 1 fully saturated rings. The van der Waals surface area contributed by atoms with Crippen LogP contribution in [0.25, 0.3) is 0 Å². The molecule has 0 saturated carbocycles. The van der Waals surface area contributed by atoms with Gasteiger partial charge in [0, 0.05) is 32.6 Å². The average Bonchev–Trinajstić information content (AvgIpc) is 2.49. The van der Waals surface area contributed by atoms with Crippen LogP contribution in [0.3, 0.4) is 0 Å². The van der Waals surface area contributed by atoms with Crippen LogP contribution in [-0.4, -0.2) is 65.5 Å². The Balaban J connectivity index is 2.48. The molecule has 1 aliphatic heterocycles. The van der Waals surface area contributed by atoms with Gasteiger partial charge in [0.25, 0.3) is 0 Å². The first kappa shape index (κ1) is 17.3. The van der Waals surface area contributed by atoms with Crippen molar-refractivity contribution in [3.63, 3.8) is 0 Å². The van der Waals surface area contributed by atoms with Gasteiger partial charge in [-0.05, 0) is 32.6 Å². The van der Waals surface area contributed by atoms with Crippen molar-refractivity contribution in [2.75, 3.05) is 26.7 Å². The van der Waals surface area contributed by atoms with Gasteiger partial charge in [0.2, 0.25) is 5.91 Å². The highest BCUT2D eigenvalue weighted by Crippen LogP contribution is 2.20. The maximum absolute atomic E-state index is 12.2. The minimum absolute atomic E-state index is 0.0225. The molecule has 0 aromatic carbocycles. The molecule has 1 atom stereocenters. The largest absolute Gasteiger partial charge is 0.481 e. The maximum atomic E-state index is 12.2. The van der Waals surface area contributed by atoms with Gasteiger partial charge in [-0.1, -0.05) is 0 Å². The number of piperidine rings is 1. The van der Waals surface area contributed by atoms with E-state index in [0.29, 0.717) is 19.5 Å². The third kappa shape index (κ3) is 5.61. The Morgan fingerprint density at radius 3 is 2.67 bits per heavy atom. The van der Waals surface area contributed by atoms with Gasteiger partial charge < -0.3 is 20.2 Å². The lowest BCUT2D eigenvalue weighted by Gasteiger charge is -2.35. The Kier molecular flexibility index (Phi) is 6.98. The van der Waals surface area contributed by atoms with Gasteiger partial charge in [0.15, 0.2) is 0 Å². The summed E-state index contributed by atoms with van der Waals surface area (Å²) in [5.74, 6) is -0.981. The first-order chi connectivity index (χ1) is 9.95. The highest BCUT2D eigenvalue weighted by atomic mass is 16.4. The number of hydrogen-bond donors (Lipinski definition) is 2. The highest BCUT2D eigenvalue weighted by molar-refractivity contribution is 5.84. The summed E-state index contributed by atoms with van der Waals surface area (Å²) in [5, 5.41) is 11.4. The van der Waals surface area contributed by atoms with Gasteiger partial charge in [0.05, 0.1) is 6.54 Å². The van der Waals surface area contributed by atoms with Crippen LogP contribution in [0.2, 0.25) is 0 Å². The molecule has 3 amide bonds. The van der Waals surface area contributed by atoms with E-state index in [-0.39, 0.29) is 30.9 Å². The highest BCUT2D eigenvalue weighted by Gasteiger charge is 2.27. The average molecular weight is 299 g/mol. The Bertz CT molecular complexity index is 386. The van der Waals surface area contributed by atoms with E-state index in [2.05, 4.69) is 5.32 Å². The standard InChI is InChI=1S/C14H25N3O4/c1-3-16(2)12(18)10-15-14(21)17-9-5-4-6-11(17)7-8-13(19)20/h11H,3-10H2,1-2H3,(H,15,21)(H,19,20). The number of likely N-dealkylation sites (N-methyl/N-ethyl adjacent to an activating group) is 1. The number of hydrogen-bond acceptors (Lipinski definition) is 3. The van der Waals surface area contributed by atoms with Crippen LogP contribution < -0.4 is 5.32 Å². The van der Waals surface area contributed by atoms with Gasteiger partial charge in [-0.25, -0.2) is 4.79 Å². The van der Waals surface area contributed by atoms with Crippen LogP contribution in [0.1, 0.15) is 39.0 Å². The first-order valence-electron chi connectivity index (χ1n) is 7.46. The van der Waals surface area contributed by atoms with Crippen LogP contribution in [0, 0.1) is 0 Å². The van der Waals surface area contributed by atoms with Gasteiger partial charge in [-0.2, -0.15) is 0 Å². The summed E-state index contributed by atoms with van der Waals surface area (Å²) in [4.78, 5) is 37.7. The number of rotatable bonds is 6. The SMILES string of the molecule is CCN(C)C(=O)CNC(=O)N1CCCCC1CCC(=O)O. The minimum Gasteiger partial charge on any atom is -0.481 e. The molecule has 7 heteroatoms.